The van der Waals surface area contributed by atoms with Crippen LogP contribution in [0.25, 0.3) is 0 Å². The third-order valence-corrected chi connectivity index (χ3v) is 4.39. The van der Waals surface area contributed by atoms with E-state index < -0.39 is 0 Å². The summed E-state index contributed by atoms with van der Waals surface area (Å²) in [7, 11) is 0. The van der Waals surface area contributed by atoms with E-state index in [2.05, 4.69) is 36.5 Å². The van der Waals surface area contributed by atoms with E-state index in [4.69, 9.17) is 9.15 Å². The van der Waals surface area contributed by atoms with Gasteiger partial charge in [-0.05, 0) is 36.0 Å². The smallest absolute Gasteiger partial charge is 0.125 e. The monoisotopic (exact) mass is 285 g/mol. The van der Waals surface area contributed by atoms with Crippen molar-refractivity contribution in [3.63, 3.8) is 0 Å². The highest BCUT2D eigenvalue weighted by molar-refractivity contribution is 5.26. The summed E-state index contributed by atoms with van der Waals surface area (Å²) in [6.45, 7) is 5.05. The van der Waals surface area contributed by atoms with Gasteiger partial charge in [0.05, 0.1) is 12.3 Å². The molecule has 0 radical (unpaired) electrons. The molecule has 21 heavy (non-hydrogen) atoms. The highest BCUT2D eigenvalue weighted by atomic mass is 16.5. The Bertz CT molecular complexity index is 530. The molecule has 1 aliphatic rings. The fourth-order valence-electron chi connectivity index (χ4n) is 2.87. The Hall–Kier alpha value is -1.58. The predicted molar refractivity (Wildman–Crippen MR) is 83.2 cm³/mol. The molecule has 1 atom stereocenters. The van der Waals surface area contributed by atoms with Crippen molar-refractivity contribution in [1.29, 1.82) is 0 Å². The molecule has 1 N–H and O–H groups in total. The van der Waals surface area contributed by atoms with Gasteiger partial charge in [0.25, 0.3) is 0 Å². The molecule has 0 amide bonds. The summed E-state index contributed by atoms with van der Waals surface area (Å²) in [6.07, 6.45) is 3.96. The first-order chi connectivity index (χ1) is 10.3. The van der Waals surface area contributed by atoms with Gasteiger partial charge in [-0.2, -0.15) is 0 Å². The van der Waals surface area contributed by atoms with Crippen molar-refractivity contribution >= 4 is 0 Å². The Morgan fingerprint density at radius 1 is 1.10 bits per heavy atom. The Labute approximate surface area is 126 Å². The first-order valence-corrected chi connectivity index (χ1v) is 7.66. The summed E-state index contributed by atoms with van der Waals surface area (Å²) in [6, 6.07) is 14.6. The number of hydrogen-bond donors (Lipinski definition) is 1. The molecular formula is C18H23NO2. The van der Waals surface area contributed by atoms with E-state index in [0.29, 0.717) is 5.41 Å². The summed E-state index contributed by atoms with van der Waals surface area (Å²) >= 11 is 0. The van der Waals surface area contributed by atoms with Gasteiger partial charge in [-0.1, -0.05) is 37.3 Å². The van der Waals surface area contributed by atoms with Crippen LogP contribution in [0.3, 0.4) is 0 Å². The molecule has 0 saturated carbocycles. The summed E-state index contributed by atoms with van der Waals surface area (Å²) in [5.74, 6) is 0.969. The molecule has 1 fully saturated rings. The third kappa shape index (κ3) is 3.55. The molecule has 1 aliphatic heterocycles. The van der Waals surface area contributed by atoms with Gasteiger partial charge >= 0.3 is 0 Å². The van der Waals surface area contributed by atoms with Crippen LogP contribution in [-0.4, -0.2) is 19.8 Å². The number of rotatable bonds is 5. The van der Waals surface area contributed by atoms with Gasteiger partial charge in [0.2, 0.25) is 0 Å². The van der Waals surface area contributed by atoms with E-state index >= 15 is 0 Å². The standard InChI is InChI=1S/C18H23NO2/c1-18(9-12-20-13-10-18)14-19-17(16-8-5-11-21-16)15-6-3-2-4-7-15/h2-8,11,17,19H,9-10,12-14H2,1H3. The van der Waals surface area contributed by atoms with Crippen LogP contribution < -0.4 is 5.32 Å². The van der Waals surface area contributed by atoms with Gasteiger partial charge in [-0.25, -0.2) is 0 Å². The molecule has 2 heterocycles. The minimum absolute atomic E-state index is 0.112. The highest BCUT2D eigenvalue weighted by Gasteiger charge is 2.29. The van der Waals surface area contributed by atoms with Crippen molar-refractivity contribution in [3.05, 3.63) is 60.1 Å². The van der Waals surface area contributed by atoms with Crippen LogP contribution >= 0.6 is 0 Å². The van der Waals surface area contributed by atoms with E-state index in [-0.39, 0.29) is 6.04 Å². The van der Waals surface area contributed by atoms with E-state index in [0.717, 1.165) is 38.4 Å². The molecule has 3 rings (SSSR count). The van der Waals surface area contributed by atoms with Crippen LogP contribution in [-0.2, 0) is 4.74 Å². The normalized spacial score (nSPS) is 19.3. The zero-order valence-corrected chi connectivity index (χ0v) is 12.5. The average Bonchev–Trinajstić information content (AvgIpc) is 3.03. The summed E-state index contributed by atoms with van der Waals surface area (Å²) in [4.78, 5) is 0. The molecule has 2 aromatic rings. The second-order valence-corrected chi connectivity index (χ2v) is 6.16. The maximum absolute atomic E-state index is 5.64. The van der Waals surface area contributed by atoms with Crippen LogP contribution in [0, 0.1) is 5.41 Å². The summed E-state index contributed by atoms with van der Waals surface area (Å²) in [5.41, 5.74) is 1.54. The molecule has 1 aromatic carbocycles. The Kier molecular flexibility index (Phi) is 4.42. The van der Waals surface area contributed by atoms with Gasteiger partial charge in [-0.15, -0.1) is 0 Å². The average molecular weight is 285 g/mol. The maximum Gasteiger partial charge on any atom is 0.125 e. The Morgan fingerprint density at radius 3 is 2.52 bits per heavy atom. The highest BCUT2D eigenvalue weighted by Crippen LogP contribution is 2.31. The minimum Gasteiger partial charge on any atom is -0.467 e. The molecule has 0 aliphatic carbocycles. The van der Waals surface area contributed by atoms with Crippen molar-refractivity contribution in [2.24, 2.45) is 5.41 Å². The van der Waals surface area contributed by atoms with Crippen LogP contribution in [0.2, 0.25) is 0 Å². The molecule has 112 valence electrons. The van der Waals surface area contributed by atoms with Gasteiger partial charge in [0, 0.05) is 19.8 Å². The Morgan fingerprint density at radius 2 is 1.86 bits per heavy atom. The van der Waals surface area contributed by atoms with E-state index in [9.17, 15) is 0 Å². The Balaban J connectivity index is 1.74. The van der Waals surface area contributed by atoms with Gasteiger partial charge in [-0.3, -0.25) is 0 Å². The van der Waals surface area contributed by atoms with Gasteiger partial charge < -0.3 is 14.5 Å². The van der Waals surface area contributed by atoms with Crippen molar-refractivity contribution in [1.82, 2.24) is 5.32 Å². The lowest BCUT2D eigenvalue weighted by atomic mass is 9.82. The third-order valence-electron chi connectivity index (χ3n) is 4.39. The maximum atomic E-state index is 5.64. The van der Waals surface area contributed by atoms with Crippen molar-refractivity contribution in [2.45, 2.75) is 25.8 Å². The molecule has 1 saturated heterocycles. The molecular weight excluding hydrogens is 262 g/mol. The topological polar surface area (TPSA) is 34.4 Å². The fourth-order valence-corrected chi connectivity index (χ4v) is 2.87. The first kappa shape index (κ1) is 14.4. The molecule has 3 nitrogen and oxygen atoms in total. The lowest BCUT2D eigenvalue weighted by Crippen LogP contribution is -2.38. The number of furan rings is 1. The lowest BCUT2D eigenvalue weighted by Gasteiger charge is -2.35. The fraction of sp³-hybridized carbons (Fsp3) is 0.444. The van der Waals surface area contributed by atoms with Gasteiger partial charge in [0.15, 0.2) is 0 Å². The number of benzene rings is 1. The van der Waals surface area contributed by atoms with E-state index in [1.54, 1.807) is 6.26 Å². The van der Waals surface area contributed by atoms with Crippen molar-refractivity contribution in [3.8, 4) is 0 Å². The van der Waals surface area contributed by atoms with Crippen LogP contribution in [0.4, 0.5) is 0 Å². The summed E-state index contributed by atoms with van der Waals surface area (Å²) < 4.78 is 11.1. The molecule has 1 aromatic heterocycles. The van der Waals surface area contributed by atoms with E-state index in [1.807, 2.05) is 18.2 Å². The van der Waals surface area contributed by atoms with Crippen LogP contribution in [0.5, 0.6) is 0 Å². The van der Waals surface area contributed by atoms with Crippen LogP contribution in [0.1, 0.15) is 37.1 Å². The van der Waals surface area contributed by atoms with Gasteiger partial charge in [0.1, 0.15) is 5.76 Å². The molecule has 0 bridgehead atoms. The predicted octanol–water partition coefficient (Wildman–Crippen LogP) is 3.78. The molecule has 1 unspecified atom stereocenters. The molecule has 0 spiro atoms. The van der Waals surface area contributed by atoms with Crippen LogP contribution in [0.15, 0.2) is 53.1 Å². The van der Waals surface area contributed by atoms with Crippen molar-refractivity contribution in [2.75, 3.05) is 19.8 Å². The number of ether oxygens (including phenoxy) is 1. The largest absolute Gasteiger partial charge is 0.467 e. The SMILES string of the molecule is CC1(CNC(c2ccccc2)c2ccco2)CCOCC1. The lowest BCUT2D eigenvalue weighted by molar-refractivity contribution is 0.0231. The number of hydrogen-bond acceptors (Lipinski definition) is 3. The van der Waals surface area contributed by atoms with E-state index in [1.165, 1.54) is 5.56 Å². The summed E-state index contributed by atoms with van der Waals surface area (Å²) in [5, 5.41) is 3.70. The second kappa shape index (κ2) is 6.46. The quantitative estimate of drug-likeness (QED) is 0.908. The zero-order valence-electron chi connectivity index (χ0n) is 12.5. The zero-order chi connectivity index (χ0) is 14.5. The number of nitrogens with one attached hydrogen (secondary N) is 1. The van der Waals surface area contributed by atoms with Crippen molar-refractivity contribution < 1.29 is 9.15 Å². The second-order valence-electron chi connectivity index (χ2n) is 6.16. The molecule has 3 heteroatoms. The first-order valence-electron chi connectivity index (χ1n) is 7.66. The minimum atomic E-state index is 0.112.